The predicted molar refractivity (Wildman–Crippen MR) is 102 cm³/mol. The smallest absolute Gasteiger partial charge is 0.234 e. The van der Waals surface area contributed by atoms with Crippen LogP contribution >= 0.6 is 27.3 Å². The number of para-hydroxylation sites is 2. The lowest BCUT2D eigenvalue weighted by atomic mass is 10.2. The molecule has 136 valence electrons. The monoisotopic (exact) mass is 444 g/mol. The van der Waals surface area contributed by atoms with Crippen LogP contribution in [0, 0.1) is 0 Å². The molecule has 0 radical (unpaired) electrons. The summed E-state index contributed by atoms with van der Waals surface area (Å²) in [7, 11) is 0. The number of nitrogens with zero attached hydrogens (tertiary/aromatic N) is 4. The molecule has 0 fully saturated rings. The Morgan fingerprint density at radius 1 is 1.11 bits per heavy atom. The zero-order valence-corrected chi connectivity index (χ0v) is 16.3. The minimum absolute atomic E-state index is 0.361. The van der Waals surface area contributed by atoms with E-state index < -0.39 is 0 Å². The Kier molecular flexibility index (Phi) is 4.17. The van der Waals surface area contributed by atoms with Gasteiger partial charge in [-0.15, -0.1) is 10.2 Å². The molecule has 2 aromatic heterocycles. The lowest BCUT2D eigenvalue weighted by Crippen LogP contribution is -2.23. The summed E-state index contributed by atoms with van der Waals surface area (Å²) in [6.07, 6.45) is -0.364. The number of rotatable bonds is 4. The summed E-state index contributed by atoms with van der Waals surface area (Å²) in [5, 5.41) is 13.8. The van der Waals surface area contributed by atoms with Crippen LogP contribution in [0.3, 0.4) is 0 Å². The largest absolute Gasteiger partial charge is 0.486 e. The van der Waals surface area contributed by atoms with Crippen molar-refractivity contribution in [3.8, 4) is 17.2 Å². The summed E-state index contributed by atoms with van der Waals surface area (Å²) < 4.78 is 20.3. The maximum Gasteiger partial charge on any atom is 0.234 e. The van der Waals surface area contributed by atoms with Gasteiger partial charge >= 0.3 is 0 Å². The molecule has 7 nitrogen and oxygen atoms in total. The number of ether oxygens (including phenoxy) is 3. The van der Waals surface area contributed by atoms with Gasteiger partial charge in [0.15, 0.2) is 28.4 Å². The van der Waals surface area contributed by atoms with Crippen molar-refractivity contribution in [2.75, 3.05) is 6.61 Å². The molecule has 1 aliphatic rings. The minimum atomic E-state index is -0.364. The number of hydrogen-bond donors (Lipinski definition) is 0. The third kappa shape index (κ3) is 3.24. The van der Waals surface area contributed by atoms with Crippen molar-refractivity contribution in [2.45, 2.75) is 12.7 Å². The highest BCUT2D eigenvalue weighted by Gasteiger charge is 2.28. The van der Waals surface area contributed by atoms with E-state index in [-0.39, 0.29) is 6.10 Å². The van der Waals surface area contributed by atoms with Crippen molar-refractivity contribution in [3.05, 3.63) is 63.8 Å². The van der Waals surface area contributed by atoms with Crippen LogP contribution in [0.4, 0.5) is 0 Å². The Morgan fingerprint density at radius 3 is 2.78 bits per heavy atom. The van der Waals surface area contributed by atoms with E-state index in [0.717, 1.165) is 21.0 Å². The van der Waals surface area contributed by atoms with Crippen LogP contribution in [0.2, 0.25) is 0 Å². The summed E-state index contributed by atoms with van der Waals surface area (Å²) in [6.45, 7) is 0.722. The van der Waals surface area contributed by atoms with Gasteiger partial charge in [0, 0.05) is 4.47 Å². The van der Waals surface area contributed by atoms with Gasteiger partial charge in [0.05, 0.1) is 0 Å². The summed E-state index contributed by atoms with van der Waals surface area (Å²) in [6, 6.07) is 15.2. The number of aromatic nitrogens is 4. The van der Waals surface area contributed by atoms with Crippen molar-refractivity contribution in [2.24, 2.45) is 0 Å². The average molecular weight is 445 g/mol. The van der Waals surface area contributed by atoms with Gasteiger partial charge in [0.2, 0.25) is 4.96 Å². The SMILES string of the molecule is Brc1ccc(OCc2nn3c([C@H]4COc5ccccc5O4)nnc3s2)cc1. The zero-order chi connectivity index (χ0) is 18.2. The second kappa shape index (κ2) is 6.82. The Hall–Kier alpha value is -2.65. The molecule has 0 saturated carbocycles. The minimum Gasteiger partial charge on any atom is -0.486 e. The van der Waals surface area contributed by atoms with Crippen LogP contribution in [-0.2, 0) is 6.61 Å². The number of halogens is 1. The normalized spacial score (nSPS) is 15.8. The first-order chi connectivity index (χ1) is 13.3. The van der Waals surface area contributed by atoms with Crippen LogP contribution in [0.25, 0.3) is 4.96 Å². The summed E-state index contributed by atoms with van der Waals surface area (Å²) >= 11 is 4.85. The summed E-state index contributed by atoms with van der Waals surface area (Å²) in [5.74, 6) is 2.83. The van der Waals surface area contributed by atoms with Crippen LogP contribution in [0.15, 0.2) is 53.0 Å². The van der Waals surface area contributed by atoms with Crippen LogP contribution in [-0.4, -0.2) is 26.4 Å². The van der Waals surface area contributed by atoms with Crippen LogP contribution in [0.5, 0.6) is 17.2 Å². The maximum atomic E-state index is 6.01. The molecule has 0 aliphatic carbocycles. The first-order valence-corrected chi connectivity index (χ1v) is 9.85. The highest BCUT2D eigenvalue weighted by molar-refractivity contribution is 9.10. The second-order valence-electron chi connectivity index (χ2n) is 5.86. The van der Waals surface area contributed by atoms with Gasteiger partial charge in [-0.1, -0.05) is 39.4 Å². The Labute approximate surface area is 166 Å². The topological polar surface area (TPSA) is 70.8 Å². The molecular formula is C18H13BrN4O3S. The van der Waals surface area contributed by atoms with E-state index in [2.05, 4.69) is 31.2 Å². The first kappa shape index (κ1) is 16.5. The summed E-state index contributed by atoms with van der Waals surface area (Å²) in [4.78, 5) is 0.696. The molecule has 2 aromatic carbocycles. The maximum absolute atomic E-state index is 6.01. The predicted octanol–water partition coefficient (Wildman–Crippen LogP) is 4.04. The van der Waals surface area contributed by atoms with E-state index >= 15 is 0 Å². The van der Waals surface area contributed by atoms with E-state index in [4.69, 9.17) is 14.2 Å². The third-order valence-corrected chi connectivity index (χ3v) is 5.43. The lowest BCUT2D eigenvalue weighted by Gasteiger charge is -2.24. The van der Waals surface area contributed by atoms with Crippen molar-refractivity contribution in [1.82, 2.24) is 19.8 Å². The van der Waals surface area contributed by atoms with E-state index in [1.165, 1.54) is 11.3 Å². The Bertz CT molecular complexity index is 1100. The van der Waals surface area contributed by atoms with Crippen molar-refractivity contribution >= 4 is 32.2 Å². The van der Waals surface area contributed by atoms with Crippen LogP contribution < -0.4 is 14.2 Å². The van der Waals surface area contributed by atoms with Crippen molar-refractivity contribution in [1.29, 1.82) is 0 Å². The molecular weight excluding hydrogens is 432 g/mol. The van der Waals surface area contributed by atoms with E-state index in [0.29, 0.717) is 29.7 Å². The molecule has 1 atom stereocenters. The highest BCUT2D eigenvalue weighted by Crippen LogP contribution is 2.35. The molecule has 5 rings (SSSR count). The van der Waals surface area contributed by atoms with Gasteiger partial charge in [0.1, 0.15) is 19.0 Å². The molecule has 0 saturated heterocycles. The van der Waals surface area contributed by atoms with Gasteiger partial charge in [-0.3, -0.25) is 0 Å². The zero-order valence-electron chi connectivity index (χ0n) is 13.9. The van der Waals surface area contributed by atoms with Gasteiger partial charge < -0.3 is 14.2 Å². The average Bonchev–Trinajstić information content (AvgIpc) is 3.27. The molecule has 3 heterocycles. The molecule has 0 spiro atoms. The Morgan fingerprint density at radius 2 is 1.93 bits per heavy atom. The molecule has 0 amide bonds. The third-order valence-electron chi connectivity index (χ3n) is 4.03. The molecule has 9 heteroatoms. The number of benzene rings is 2. The summed E-state index contributed by atoms with van der Waals surface area (Å²) in [5.41, 5.74) is 0. The van der Waals surface area contributed by atoms with Gasteiger partial charge in [-0.2, -0.15) is 9.61 Å². The fourth-order valence-corrected chi connectivity index (χ4v) is 3.77. The molecule has 0 bridgehead atoms. The van der Waals surface area contributed by atoms with Crippen molar-refractivity contribution in [3.63, 3.8) is 0 Å². The molecule has 0 unspecified atom stereocenters. The quantitative estimate of drug-likeness (QED) is 0.472. The van der Waals surface area contributed by atoms with E-state index in [9.17, 15) is 0 Å². The Balaban J connectivity index is 1.35. The van der Waals surface area contributed by atoms with Gasteiger partial charge in [-0.05, 0) is 36.4 Å². The molecule has 4 aromatic rings. The molecule has 27 heavy (non-hydrogen) atoms. The van der Waals surface area contributed by atoms with Gasteiger partial charge in [0.25, 0.3) is 0 Å². The highest BCUT2D eigenvalue weighted by atomic mass is 79.9. The van der Waals surface area contributed by atoms with Crippen LogP contribution in [0.1, 0.15) is 16.9 Å². The first-order valence-electron chi connectivity index (χ1n) is 8.24. The molecule has 1 aliphatic heterocycles. The van der Waals surface area contributed by atoms with Crippen molar-refractivity contribution < 1.29 is 14.2 Å². The number of fused-ring (bicyclic) bond motifs is 2. The van der Waals surface area contributed by atoms with Gasteiger partial charge in [-0.25, -0.2) is 0 Å². The molecule has 0 N–H and O–H groups in total. The van der Waals surface area contributed by atoms with E-state index in [1.54, 1.807) is 4.52 Å². The standard InChI is InChI=1S/C18H13BrN4O3S/c19-11-5-7-12(8-6-11)24-10-16-22-23-17(20-21-18(23)27-16)15-9-25-13-3-1-2-4-14(13)26-15/h1-8,15H,9-10H2/t15-/m1/s1. The lowest BCUT2D eigenvalue weighted by molar-refractivity contribution is 0.0835. The fraction of sp³-hybridized carbons (Fsp3) is 0.167. The van der Waals surface area contributed by atoms with E-state index in [1.807, 2.05) is 48.5 Å². The second-order valence-corrected chi connectivity index (χ2v) is 7.81. The number of hydrogen-bond acceptors (Lipinski definition) is 7. The fourth-order valence-electron chi connectivity index (χ4n) is 2.75.